The number of sulfone groups is 1. The van der Waals surface area contributed by atoms with Gasteiger partial charge in [0.25, 0.3) is 0 Å². The number of hydrogen-bond acceptors (Lipinski definition) is 3. The van der Waals surface area contributed by atoms with Gasteiger partial charge in [0, 0.05) is 12.3 Å². The van der Waals surface area contributed by atoms with E-state index in [9.17, 15) is 8.42 Å². The highest BCUT2D eigenvalue weighted by Crippen LogP contribution is 2.27. The van der Waals surface area contributed by atoms with Gasteiger partial charge in [-0.1, -0.05) is 34.1 Å². The van der Waals surface area contributed by atoms with Gasteiger partial charge in [-0.05, 0) is 31.2 Å². The summed E-state index contributed by atoms with van der Waals surface area (Å²) >= 11 is 0. The van der Waals surface area contributed by atoms with E-state index in [4.69, 9.17) is 0 Å². The van der Waals surface area contributed by atoms with E-state index in [0.717, 1.165) is 38.8 Å². The Morgan fingerprint density at radius 3 is 2.12 bits per heavy atom. The van der Waals surface area contributed by atoms with Crippen molar-refractivity contribution in [2.45, 2.75) is 53.4 Å². The minimum Gasteiger partial charge on any atom is -0.316 e. The summed E-state index contributed by atoms with van der Waals surface area (Å²) < 4.78 is 23.5. The fourth-order valence-electron chi connectivity index (χ4n) is 2.15. The van der Waals surface area contributed by atoms with Gasteiger partial charge < -0.3 is 5.32 Å². The molecule has 0 aromatic rings. The lowest BCUT2D eigenvalue weighted by Gasteiger charge is -2.29. The zero-order chi connectivity index (χ0) is 13.4. The second-order valence-corrected chi connectivity index (χ2v) is 7.55. The van der Waals surface area contributed by atoms with Gasteiger partial charge >= 0.3 is 0 Å². The van der Waals surface area contributed by atoms with Crippen LogP contribution in [0.2, 0.25) is 0 Å². The molecule has 0 fully saturated rings. The lowest BCUT2D eigenvalue weighted by atomic mass is 9.83. The summed E-state index contributed by atoms with van der Waals surface area (Å²) in [7, 11) is -2.84. The average molecular weight is 263 g/mol. The van der Waals surface area contributed by atoms with Crippen molar-refractivity contribution in [3.63, 3.8) is 0 Å². The van der Waals surface area contributed by atoms with E-state index >= 15 is 0 Å². The van der Waals surface area contributed by atoms with Gasteiger partial charge in [-0.15, -0.1) is 0 Å². The molecule has 0 bridgehead atoms. The largest absolute Gasteiger partial charge is 0.316 e. The molecule has 17 heavy (non-hydrogen) atoms. The Labute approximate surface area is 107 Å². The van der Waals surface area contributed by atoms with Crippen LogP contribution >= 0.6 is 0 Å². The fraction of sp³-hybridized carbons (Fsp3) is 1.00. The SMILES string of the molecule is CCCC(C)(CCS(=O)(=O)CCC)CNCC. The van der Waals surface area contributed by atoms with E-state index in [1.807, 2.05) is 6.92 Å². The summed E-state index contributed by atoms with van der Waals surface area (Å²) in [6.45, 7) is 10.2. The van der Waals surface area contributed by atoms with Crippen LogP contribution in [0.1, 0.15) is 53.4 Å². The molecule has 0 saturated carbocycles. The van der Waals surface area contributed by atoms with Gasteiger partial charge in [-0.3, -0.25) is 0 Å². The normalized spacial score (nSPS) is 15.8. The van der Waals surface area contributed by atoms with E-state index in [-0.39, 0.29) is 5.41 Å². The van der Waals surface area contributed by atoms with Crippen LogP contribution < -0.4 is 5.32 Å². The molecule has 0 saturated heterocycles. The second kappa shape index (κ2) is 8.09. The minimum absolute atomic E-state index is 0.117. The summed E-state index contributed by atoms with van der Waals surface area (Å²) in [4.78, 5) is 0. The molecule has 0 aliphatic heterocycles. The van der Waals surface area contributed by atoms with E-state index in [0.29, 0.717) is 11.5 Å². The highest BCUT2D eigenvalue weighted by molar-refractivity contribution is 7.91. The van der Waals surface area contributed by atoms with E-state index in [1.54, 1.807) is 0 Å². The summed E-state index contributed by atoms with van der Waals surface area (Å²) in [6.07, 6.45) is 3.69. The van der Waals surface area contributed by atoms with Crippen LogP contribution in [0.5, 0.6) is 0 Å². The molecule has 1 atom stereocenters. The van der Waals surface area contributed by atoms with Crippen molar-refractivity contribution in [2.75, 3.05) is 24.6 Å². The third-order valence-corrected chi connectivity index (χ3v) is 5.04. The van der Waals surface area contributed by atoms with Gasteiger partial charge in [0.1, 0.15) is 9.84 Å². The number of rotatable bonds is 10. The zero-order valence-corrected chi connectivity index (χ0v) is 12.7. The Morgan fingerprint density at radius 1 is 1.00 bits per heavy atom. The highest BCUT2D eigenvalue weighted by Gasteiger charge is 2.25. The van der Waals surface area contributed by atoms with Crippen molar-refractivity contribution in [1.82, 2.24) is 5.32 Å². The first-order valence-corrected chi connectivity index (χ1v) is 8.62. The Balaban J connectivity index is 4.34. The zero-order valence-electron chi connectivity index (χ0n) is 11.9. The molecule has 0 aliphatic rings. The van der Waals surface area contributed by atoms with Crippen molar-refractivity contribution in [3.8, 4) is 0 Å². The smallest absolute Gasteiger partial charge is 0.150 e. The highest BCUT2D eigenvalue weighted by atomic mass is 32.2. The van der Waals surface area contributed by atoms with Crippen LogP contribution in [0.15, 0.2) is 0 Å². The van der Waals surface area contributed by atoms with Crippen LogP contribution in [0, 0.1) is 5.41 Å². The fourth-order valence-corrected chi connectivity index (χ4v) is 3.78. The molecule has 0 spiro atoms. The first-order valence-electron chi connectivity index (χ1n) is 6.80. The third kappa shape index (κ3) is 7.77. The Hall–Kier alpha value is -0.0900. The predicted octanol–water partition coefficient (Wildman–Crippen LogP) is 2.62. The Morgan fingerprint density at radius 2 is 1.65 bits per heavy atom. The molecule has 0 heterocycles. The maximum Gasteiger partial charge on any atom is 0.150 e. The van der Waals surface area contributed by atoms with Gasteiger partial charge in [0.2, 0.25) is 0 Å². The summed E-state index contributed by atoms with van der Waals surface area (Å²) in [5.74, 6) is 0.666. The van der Waals surface area contributed by atoms with E-state index in [2.05, 4.69) is 26.1 Å². The molecule has 0 rings (SSSR count). The topological polar surface area (TPSA) is 46.2 Å². The van der Waals surface area contributed by atoms with Gasteiger partial charge in [0.15, 0.2) is 0 Å². The van der Waals surface area contributed by atoms with Crippen molar-refractivity contribution < 1.29 is 8.42 Å². The monoisotopic (exact) mass is 263 g/mol. The molecule has 1 N–H and O–H groups in total. The van der Waals surface area contributed by atoms with Gasteiger partial charge in [0.05, 0.1) is 5.75 Å². The molecule has 0 radical (unpaired) electrons. The third-order valence-electron chi connectivity index (χ3n) is 3.19. The van der Waals surface area contributed by atoms with Crippen molar-refractivity contribution in [3.05, 3.63) is 0 Å². The predicted molar refractivity (Wildman–Crippen MR) is 75.1 cm³/mol. The molecule has 0 aromatic carbocycles. The van der Waals surface area contributed by atoms with Crippen LogP contribution in [0.3, 0.4) is 0 Å². The van der Waals surface area contributed by atoms with Gasteiger partial charge in [-0.2, -0.15) is 0 Å². The molecular formula is C13H29NO2S. The molecule has 0 amide bonds. The maximum atomic E-state index is 11.7. The van der Waals surface area contributed by atoms with Crippen LogP contribution in [0.25, 0.3) is 0 Å². The van der Waals surface area contributed by atoms with Gasteiger partial charge in [-0.25, -0.2) is 8.42 Å². The maximum absolute atomic E-state index is 11.7. The number of nitrogens with one attached hydrogen (secondary N) is 1. The Bertz CT molecular complexity index is 288. The first kappa shape index (κ1) is 16.9. The van der Waals surface area contributed by atoms with E-state index < -0.39 is 9.84 Å². The number of hydrogen-bond donors (Lipinski definition) is 1. The summed E-state index contributed by atoms with van der Waals surface area (Å²) in [5.41, 5.74) is 0.117. The van der Waals surface area contributed by atoms with E-state index in [1.165, 1.54) is 0 Å². The molecule has 1 unspecified atom stereocenters. The molecule has 4 heteroatoms. The summed E-state index contributed by atoms with van der Waals surface area (Å²) in [6, 6.07) is 0. The van der Waals surface area contributed by atoms with Crippen LogP contribution in [-0.4, -0.2) is 33.0 Å². The Kier molecular flexibility index (Phi) is 8.05. The first-order chi connectivity index (χ1) is 7.89. The van der Waals surface area contributed by atoms with Crippen molar-refractivity contribution in [2.24, 2.45) is 5.41 Å². The lowest BCUT2D eigenvalue weighted by molar-refractivity contribution is 0.270. The molecule has 3 nitrogen and oxygen atoms in total. The summed E-state index contributed by atoms with van der Waals surface area (Å²) in [5, 5.41) is 3.35. The molecular weight excluding hydrogens is 234 g/mol. The molecule has 104 valence electrons. The quantitative estimate of drug-likeness (QED) is 0.659. The van der Waals surface area contributed by atoms with Crippen molar-refractivity contribution >= 4 is 9.84 Å². The standard InChI is InChI=1S/C13H29NO2S/c1-5-8-13(4,12-14-7-3)9-11-17(15,16)10-6-2/h14H,5-12H2,1-4H3. The van der Waals surface area contributed by atoms with Crippen LogP contribution in [0.4, 0.5) is 0 Å². The molecule has 0 aliphatic carbocycles. The second-order valence-electron chi connectivity index (χ2n) is 5.24. The molecule has 0 aromatic heterocycles. The average Bonchev–Trinajstić information content (AvgIpc) is 2.25. The minimum atomic E-state index is -2.84. The van der Waals surface area contributed by atoms with Crippen molar-refractivity contribution in [1.29, 1.82) is 0 Å². The lowest BCUT2D eigenvalue weighted by Crippen LogP contribution is -2.33. The van der Waals surface area contributed by atoms with Crippen LogP contribution in [-0.2, 0) is 9.84 Å².